The van der Waals surface area contributed by atoms with Gasteiger partial charge < -0.3 is 6.74 Å². The Morgan fingerprint density at radius 2 is 1.71 bits per heavy atom. The molecule has 0 fully saturated rings. The van der Waals surface area contributed by atoms with Gasteiger partial charge in [0.2, 0.25) is 0 Å². The molecule has 2 aromatic rings. The first-order valence-electron chi connectivity index (χ1n) is 6.91. The van der Waals surface area contributed by atoms with Gasteiger partial charge in [0.25, 0.3) is 0 Å². The van der Waals surface area contributed by atoms with E-state index in [4.69, 9.17) is 23.2 Å². The Labute approximate surface area is 159 Å². The van der Waals surface area contributed by atoms with Crippen molar-refractivity contribution in [3.8, 4) is 0 Å². The average Bonchev–Trinajstić information content (AvgIpc) is 2.49. The molecule has 4 heteroatoms. The second-order valence-electron chi connectivity index (χ2n) is 5.27. The minimum absolute atomic E-state index is 0. The molecule has 0 spiro atoms. The number of hydrogen-bond donors (Lipinski definition) is 1. The fraction of sp³-hybridized carbons (Fsp3) is 0.294. The number of rotatable bonds is 2. The standard InChI is InChI=1S/C17H17Cl2N.Na.H/c1-20-17-9-7-12(13-4-2-3-5-14(13)17)11-6-8-15(18)16(19)10-11;;/h2-6,8,10,12,17,20H,7,9H2,1H3;;/q;+1;-1/t12-,17-;;/m0../s1. The zero-order valence-electron chi connectivity index (χ0n) is 13.4. The molecule has 0 unspecified atom stereocenters. The molecule has 1 nitrogen and oxygen atoms in total. The van der Waals surface area contributed by atoms with Gasteiger partial charge in [-0.05, 0) is 48.7 Å². The molecule has 0 aliphatic heterocycles. The molecule has 2 atom stereocenters. The van der Waals surface area contributed by atoms with Crippen molar-refractivity contribution in [2.24, 2.45) is 0 Å². The van der Waals surface area contributed by atoms with Crippen molar-refractivity contribution in [1.82, 2.24) is 5.32 Å². The smallest absolute Gasteiger partial charge is 1.00 e. The molecule has 3 rings (SSSR count). The van der Waals surface area contributed by atoms with Crippen LogP contribution in [0.15, 0.2) is 42.5 Å². The van der Waals surface area contributed by atoms with Crippen molar-refractivity contribution in [2.45, 2.75) is 24.8 Å². The van der Waals surface area contributed by atoms with E-state index in [1.807, 2.05) is 19.2 Å². The van der Waals surface area contributed by atoms with Crippen LogP contribution in [0.1, 0.15) is 42.9 Å². The van der Waals surface area contributed by atoms with Crippen LogP contribution < -0.4 is 34.9 Å². The number of nitrogens with one attached hydrogen (secondary N) is 1. The number of hydrogen-bond acceptors (Lipinski definition) is 1. The van der Waals surface area contributed by atoms with Crippen LogP contribution in [0.2, 0.25) is 10.0 Å². The second-order valence-corrected chi connectivity index (χ2v) is 6.09. The van der Waals surface area contributed by atoms with Gasteiger partial charge in [0.15, 0.2) is 0 Å². The van der Waals surface area contributed by atoms with Crippen LogP contribution in [0.5, 0.6) is 0 Å². The van der Waals surface area contributed by atoms with Gasteiger partial charge in [-0.2, -0.15) is 0 Å². The summed E-state index contributed by atoms with van der Waals surface area (Å²) in [6.45, 7) is 0. The first-order chi connectivity index (χ1) is 9.70. The molecule has 0 aromatic heterocycles. The monoisotopic (exact) mass is 329 g/mol. The van der Waals surface area contributed by atoms with Crippen molar-refractivity contribution in [3.63, 3.8) is 0 Å². The summed E-state index contributed by atoms with van der Waals surface area (Å²) in [4.78, 5) is 0. The number of halogens is 2. The molecule has 0 bridgehead atoms. The summed E-state index contributed by atoms with van der Waals surface area (Å²) in [7, 11) is 2.03. The molecule has 0 radical (unpaired) electrons. The first-order valence-corrected chi connectivity index (χ1v) is 7.67. The van der Waals surface area contributed by atoms with Crippen LogP contribution in [0.25, 0.3) is 0 Å². The van der Waals surface area contributed by atoms with E-state index in [1.165, 1.54) is 16.7 Å². The second kappa shape index (κ2) is 7.50. The molecule has 0 saturated carbocycles. The molecule has 106 valence electrons. The Balaban J connectivity index is 0.00000121. The van der Waals surface area contributed by atoms with E-state index < -0.39 is 0 Å². The van der Waals surface area contributed by atoms with Gasteiger partial charge in [-0.25, -0.2) is 0 Å². The van der Waals surface area contributed by atoms with Crippen LogP contribution in [0.4, 0.5) is 0 Å². The van der Waals surface area contributed by atoms with Crippen LogP contribution >= 0.6 is 23.2 Å². The summed E-state index contributed by atoms with van der Waals surface area (Å²) in [5.41, 5.74) is 4.05. The van der Waals surface area contributed by atoms with E-state index in [0.29, 0.717) is 22.0 Å². The summed E-state index contributed by atoms with van der Waals surface area (Å²) in [5, 5.41) is 4.66. The fourth-order valence-corrected chi connectivity index (χ4v) is 3.47. The van der Waals surface area contributed by atoms with Gasteiger partial charge in [0.1, 0.15) is 0 Å². The Morgan fingerprint density at radius 3 is 2.38 bits per heavy atom. The van der Waals surface area contributed by atoms with Crippen LogP contribution in [-0.2, 0) is 0 Å². The topological polar surface area (TPSA) is 12.0 Å². The molecule has 2 aromatic carbocycles. The molecule has 1 aliphatic carbocycles. The molecule has 1 aliphatic rings. The molecule has 0 saturated heterocycles. The van der Waals surface area contributed by atoms with Crippen LogP contribution in [0.3, 0.4) is 0 Å². The maximum atomic E-state index is 6.17. The van der Waals surface area contributed by atoms with Crippen LogP contribution in [-0.4, -0.2) is 7.05 Å². The van der Waals surface area contributed by atoms with E-state index >= 15 is 0 Å². The van der Waals surface area contributed by atoms with Crippen molar-refractivity contribution in [1.29, 1.82) is 0 Å². The molecule has 21 heavy (non-hydrogen) atoms. The zero-order chi connectivity index (χ0) is 14.1. The van der Waals surface area contributed by atoms with E-state index in [2.05, 4.69) is 35.6 Å². The van der Waals surface area contributed by atoms with Crippen LogP contribution in [0, 0.1) is 0 Å². The largest absolute Gasteiger partial charge is 1.00 e. The van der Waals surface area contributed by atoms with Gasteiger partial charge in [-0.3, -0.25) is 0 Å². The third-order valence-corrected chi connectivity index (χ3v) is 4.92. The van der Waals surface area contributed by atoms with Crippen molar-refractivity contribution in [3.05, 3.63) is 69.2 Å². The van der Waals surface area contributed by atoms with E-state index in [0.717, 1.165) is 12.8 Å². The molecule has 0 amide bonds. The van der Waals surface area contributed by atoms with E-state index in [9.17, 15) is 0 Å². The van der Waals surface area contributed by atoms with E-state index in [-0.39, 0.29) is 31.0 Å². The summed E-state index contributed by atoms with van der Waals surface area (Å²) in [6.07, 6.45) is 2.26. The van der Waals surface area contributed by atoms with Crippen molar-refractivity contribution >= 4 is 23.2 Å². The number of benzene rings is 2. The molecular weight excluding hydrogens is 312 g/mol. The maximum Gasteiger partial charge on any atom is 1.00 e. The predicted molar refractivity (Wildman–Crippen MR) is 86.9 cm³/mol. The third kappa shape index (κ3) is 3.50. The number of fused-ring (bicyclic) bond motifs is 1. The quantitative estimate of drug-likeness (QED) is 0.834. The maximum absolute atomic E-state index is 6.17. The van der Waals surface area contributed by atoms with Gasteiger partial charge in [-0.15, -0.1) is 0 Å². The Morgan fingerprint density at radius 1 is 1.00 bits per heavy atom. The average molecular weight is 330 g/mol. The minimum Gasteiger partial charge on any atom is -1.00 e. The minimum atomic E-state index is 0. The van der Waals surface area contributed by atoms with Crippen molar-refractivity contribution in [2.75, 3.05) is 7.05 Å². The normalized spacial score (nSPS) is 20.5. The summed E-state index contributed by atoms with van der Waals surface area (Å²) in [6, 6.07) is 15.1. The van der Waals surface area contributed by atoms with Gasteiger partial charge in [0.05, 0.1) is 10.0 Å². The SMILES string of the molecule is CN[C@H]1CC[C@@H](c2ccc(Cl)c(Cl)c2)c2ccccc21.[H-].[Na+]. The molecular formula is C17H18Cl2NNa. The Bertz CT molecular complexity index is 636. The van der Waals surface area contributed by atoms with E-state index in [1.54, 1.807) is 0 Å². The fourth-order valence-electron chi connectivity index (χ4n) is 3.17. The molecule has 1 N–H and O–H groups in total. The van der Waals surface area contributed by atoms with Crippen molar-refractivity contribution < 1.29 is 31.0 Å². The third-order valence-electron chi connectivity index (χ3n) is 4.19. The summed E-state index contributed by atoms with van der Waals surface area (Å²) >= 11 is 12.2. The summed E-state index contributed by atoms with van der Waals surface area (Å²) in [5.74, 6) is 0.408. The van der Waals surface area contributed by atoms with Gasteiger partial charge in [-0.1, -0.05) is 53.5 Å². The van der Waals surface area contributed by atoms with Gasteiger partial charge in [0, 0.05) is 12.0 Å². The van der Waals surface area contributed by atoms with Gasteiger partial charge >= 0.3 is 29.6 Å². The molecule has 0 heterocycles. The predicted octanol–water partition coefficient (Wildman–Crippen LogP) is 2.30. The summed E-state index contributed by atoms with van der Waals surface area (Å²) < 4.78 is 0. The first kappa shape index (κ1) is 17.3. The zero-order valence-corrected chi connectivity index (χ0v) is 15.9. The Hall–Kier alpha value is -0.0200. The Kier molecular flexibility index (Phi) is 6.19.